The van der Waals surface area contributed by atoms with E-state index >= 15 is 0 Å². The summed E-state index contributed by atoms with van der Waals surface area (Å²) >= 11 is 0. The van der Waals surface area contributed by atoms with E-state index in [-0.39, 0.29) is 5.56 Å². The first kappa shape index (κ1) is 5.19. The van der Waals surface area contributed by atoms with E-state index in [0.29, 0.717) is 11.1 Å². The molecule has 0 amide bonds. The molecule has 0 radical (unpaired) electrons. The van der Waals surface area contributed by atoms with Crippen molar-refractivity contribution in [2.75, 3.05) is 0 Å². The molecule has 1 aromatic carbocycles. The van der Waals surface area contributed by atoms with Crippen LogP contribution < -0.4 is 0 Å². The van der Waals surface area contributed by atoms with Crippen LogP contribution in [0.2, 0.25) is 0 Å². The number of hydrogen-bond donors (Lipinski definition) is 0. The summed E-state index contributed by atoms with van der Waals surface area (Å²) in [6, 6.07) is 4.84. The zero-order chi connectivity index (χ0) is 14.4. The average Bonchev–Trinajstić information content (AvgIpc) is 2.14. The van der Waals surface area contributed by atoms with Gasteiger partial charge in [0.2, 0.25) is 0 Å². The van der Waals surface area contributed by atoms with Crippen LogP contribution in [0.3, 0.4) is 0 Å². The molecule has 0 saturated heterocycles. The molecule has 72 valence electrons. The number of hydrogen-bond acceptors (Lipinski definition) is 0. The molecule has 0 N–H and O–H groups in total. The fourth-order valence-electron chi connectivity index (χ4n) is 1.13. The van der Waals surface area contributed by atoms with Crippen LogP contribution >= 0.6 is 0 Å². The van der Waals surface area contributed by atoms with Gasteiger partial charge in [-0.05, 0) is 42.3 Å². The topological polar surface area (TPSA) is 0 Å². The first-order valence-electron chi connectivity index (χ1n) is 6.99. The third kappa shape index (κ3) is 3.22. The highest BCUT2D eigenvalue weighted by Crippen LogP contribution is 2.21. The summed E-state index contributed by atoms with van der Waals surface area (Å²) in [6.07, 6.45) is -1.57. The van der Waals surface area contributed by atoms with E-state index in [1.165, 1.54) is 6.07 Å². The fourth-order valence-corrected chi connectivity index (χ4v) is 1.13. The van der Waals surface area contributed by atoms with Crippen molar-refractivity contribution >= 4 is 0 Å². The minimum atomic E-state index is -2.20. The molecule has 0 aliphatic carbocycles. The van der Waals surface area contributed by atoms with Gasteiger partial charge < -0.3 is 0 Å². The second-order valence-corrected chi connectivity index (χ2v) is 4.40. The molecule has 0 heterocycles. The second kappa shape index (κ2) is 3.53. The smallest absolute Gasteiger partial charge is 0.0321 e. The maximum Gasteiger partial charge on any atom is 0.0321 e. The molecule has 13 heavy (non-hydrogen) atoms. The normalized spacial score (nSPS) is 19.5. The van der Waals surface area contributed by atoms with E-state index in [9.17, 15) is 0 Å². The zero-order valence-electron chi connectivity index (χ0n) is 13.7. The number of aryl methyl sites for hydroxylation is 2. The predicted molar refractivity (Wildman–Crippen MR) is 59.1 cm³/mol. The monoisotopic (exact) mass is 181 g/mol. The lowest BCUT2D eigenvalue weighted by molar-refractivity contribution is 0.411. The maximum atomic E-state index is 8.17. The van der Waals surface area contributed by atoms with Crippen molar-refractivity contribution in [3.63, 3.8) is 0 Å². The molecule has 0 heteroatoms. The van der Waals surface area contributed by atoms with Gasteiger partial charge in [-0.3, -0.25) is 0 Å². The van der Waals surface area contributed by atoms with E-state index < -0.39 is 18.6 Å². The van der Waals surface area contributed by atoms with Gasteiger partial charge in [0.25, 0.3) is 0 Å². The van der Waals surface area contributed by atoms with E-state index in [4.69, 9.17) is 6.85 Å². The summed E-state index contributed by atoms with van der Waals surface area (Å²) in [4.78, 5) is 0. The molecule has 1 aromatic rings. The Labute approximate surface area is 89.0 Å². The second-order valence-electron chi connectivity index (χ2n) is 4.40. The Hall–Kier alpha value is -0.780. The lowest BCUT2D eigenvalue weighted by Gasteiger charge is -2.18. The van der Waals surface area contributed by atoms with Crippen LogP contribution in [0, 0.1) is 19.2 Å². The maximum absolute atomic E-state index is 8.17. The lowest BCUT2D eigenvalue weighted by Crippen LogP contribution is -2.09. The van der Waals surface area contributed by atoms with Gasteiger partial charge in [-0.15, -0.1) is 0 Å². The summed E-state index contributed by atoms with van der Waals surface area (Å²) < 4.78 is 38.8. The van der Waals surface area contributed by atoms with Gasteiger partial charge in [-0.25, -0.2) is 0 Å². The standard InChI is InChI=1S/C13H20/c1-10-6-7-12(8-11(10)2)9-13(3,4)5/h6-8H,9H2,1-5H3/i2D3,9D2. The van der Waals surface area contributed by atoms with Gasteiger partial charge in [0.05, 0.1) is 0 Å². The first-order chi connectivity index (χ1) is 7.87. The Kier molecular flexibility index (Phi) is 1.41. The summed E-state index contributed by atoms with van der Waals surface area (Å²) in [5.41, 5.74) is 0.733. The lowest BCUT2D eigenvalue weighted by atomic mass is 9.87. The minimum absolute atomic E-state index is 0.230. The van der Waals surface area contributed by atoms with Gasteiger partial charge in [0.15, 0.2) is 0 Å². The van der Waals surface area contributed by atoms with E-state index in [0.717, 1.165) is 0 Å². The van der Waals surface area contributed by atoms with Crippen molar-refractivity contribution in [3.8, 4) is 0 Å². The van der Waals surface area contributed by atoms with E-state index in [1.54, 1.807) is 19.1 Å². The highest BCUT2D eigenvalue weighted by Gasteiger charge is 2.11. The third-order valence-electron chi connectivity index (χ3n) is 1.76. The molecule has 0 aliphatic rings. The highest BCUT2D eigenvalue weighted by atomic mass is 14.2. The van der Waals surface area contributed by atoms with Crippen molar-refractivity contribution in [2.45, 2.75) is 40.9 Å². The van der Waals surface area contributed by atoms with Crippen LogP contribution in [0.5, 0.6) is 0 Å². The fraction of sp³-hybridized carbons (Fsp3) is 0.538. The summed E-state index contributed by atoms with van der Waals surface area (Å²) in [7, 11) is 0. The Balaban J connectivity index is 3.38. The van der Waals surface area contributed by atoms with Crippen LogP contribution in [0.25, 0.3) is 0 Å². The minimum Gasteiger partial charge on any atom is -0.0599 e. The van der Waals surface area contributed by atoms with Crippen LogP contribution in [-0.4, -0.2) is 0 Å². The molecular formula is C13H20. The largest absolute Gasteiger partial charge is 0.0599 e. The van der Waals surface area contributed by atoms with E-state index in [2.05, 4.69) is 0 Å². The number of benzene rings is 1. The highest BCUT2D eigenvalue weighted by molar-refractivity contribution is 5.30. The van der Waals surface area contributed by atoms with Crippen molar-refractivity contribution in [2.24, 2.45) is 5.41 Å². The molecule has 0 fully saturated rings. The van der Waals surface area contributed by atoms with Crippen LogP contribution in [0.1, 0.15) is 44.3 Å². The molecule has 0 aromatic heterocycles. The molecule has 0 spiro atoms. The molecule has 0 nitrogen and oxygen atoms in total. The van der Waals surface area contributed by atoms with Gasteiger partial charge in [-0.1, -0.05) is 39.0 Å². The van der Waals surface area contributed by atoms with Crippen molar-refractivity contribution < 1.29 is 6.85 Å². The van der Waals surface area contributed by atoms with Gasteiger partial charge in [0, 0.05) is 6.85 Å². The van der Waals surface area contributed by atoms with Crippen LogP contribution in [0.15, 0.2) is 18.2 Å². The molecule has 0 aliphatic heterocycles. The Morgan fingerprint density at radius 1 is 1.31 bits per heavy atom. The Bertz CT molecular complexity index is 438. The van der Waals surface area contributed by atoms with Crippen molar-refractivity contribution in [1.82, 2.24) is 0 Å². The molecule has 0 saturated carbocycles. The van der Waals surface area contributed by atoms with Crippen LogP contribution in [-0.2, 0) is 6.37 Å². The molecule has 1 rings (SSSR count). The third-order valence-corrected chi connectivity index (χ3v) is 1.76. The SMILES string of the molecule is [2H]C([2H])([2H])c1cc(C([2H])([2H])C(C)(C)C)ccc1C. The Morgan fingerprint density at radius 3 is 2.54 bits per heavy atom. The Morgan fingerprint density at radius 2 is 2.00 bits per heavy atom. The molecular weight excluding hydrogens is 156 g/mol. The van der Waals surface area contributed by atoms with Crippen LogP contribution in [0.4, 0.5) is 0 Å². The summed E-state index contributed by atoms with van der Waals surface area (Å²) in [5, 5.41) is 0. The van der Waals surface area contributed by atoms with Crippen molar-refractivity contribution in [3.05, 3.63) is 34.9 Å². The summed E-state index contributed by atoms with van der Waals surface area (Å²) in [5.74, 6) is 0. The zero-order valence-corrected chi connectivity index (χ0v) is 8.73. The first-order valence-corrected chi connectivity index (χ1v) is 4.49. The average molecular weight is 181 g/mol. The predicted octanol–water partition coefficient (Wildman–Crippen LogP) is 3.89. The molecule has 0 unspecified atom stereocenters. The molecule has 0 bridgehead atoms. The summed E-state index contributed by atoms with van der Waals surface area (Å²) in [6.45, 7) is 4.96. The quantitative estimate of drug-likeness (QED) is 0.616. The van der Waals surface area contributed by atoms with Gasteiger partial charge >= 0.3 is 0 Å². The molecule has 0 atom stereocenters. The van der Waals surface area contributed by atoms with Gasteiger partial charge in [0.1, 0.15) is 0 Å². The number of rotatable bonds is 1. The van der Waals surface area contributed by atoms with Crippen molar-refractivity contribution in [1.29, 1.82) is 0 Å². The van der Waals surface area contributed by atoms with E-state index in [1.807, 2.05) is 20.8 Å². The van der Waals surface area contributed by atoms with Gasteiger partial charge in [-0.2, -0.15) is 0 Å².